The van der Waals surface area contributed by atoms with Crippen molar-refractivity contribution in [3.05, 3.63) is 60.0 Å². The number of piperazine rings is 1. The number of anilines is 3. The fraction of sp³-hybridized carbons (Fsp3) is 0.261. The number of aryl methyl sites for hydroxylation is 1. The second-order valence-corrected chi connectivity index (χ2v) is 8.32. The Labute approximate surface area is 186 Å². The summed E-state index contributed by atoms with van der Waals surface area (Å²) >= 11 is 6.43. The van der Waals surface area contributed by atoms with Gasteiger partial charge in [-0.05, 0) is 43.4 Å². The maximum atomic E-state index is 6.43. The highest BCUT2D eigenvalue weighted by Crippen LogP contribution is 2.29. The molecule has 1 fully saturated rings. The molecule has 31 heavy (non-hydrogen) atoms. The fourth-order valence-electron chi connectivity index (χ4n) is 3.85. The zero-order chi connectivity index (χ0) is 21.4. The maximum Gasteiger partial charge on any atom is 0.227 e. The van der Waals surface area contributed by atoms with Gasteiger partial charge in [0.15, 0.2) is 0 Å². The Kier molecular flexibility index (Phi) is 5.21. The first kappa shape index (κ1) is 19.8. The van der Waals surface area contributed by atoms with Crippen molar-refractivity contribution in [3.8, 4) is 11.3 Å². The summed E-state index contributed by atoms with van der Waals surface area (Å²) < 4.78 is 1.98. The Hall–Kier alpha value is -3.16. The van der Waals surface area contributed by atoms with Crippen LogP contribution in [0.5, 0.6) is 0 Å². The topological polar surface area (TPSA) is 62.1 Å². The van der Waals surface area contributed by atoms with Crippen LogP contribution >= 0.6 is 11.6 Å². The molecule has 1 saturated heterocycles. The van der Waals surface area contributed by atoms with E-state index in [-0.39, 0.29) is 0 Å². The summed E-state index contributed by atoms with van der Waals surface area (Å²) in [6, 6.07) is 14.4. The SMILES string of the molecule is CN1CCN(c2ccc(Nc3ncc(Cl)c(-c4ccc5ncn(C)c5c4)n3)cc2)CC1. The molecule has 1 aliphatic rings. The van der Waals surface area contributed by atoms with Gasteiger partial charge < -0.3 is 19.7 Å². The molecule has 0 amide bonds. The number of halogens is 1. The minimum absolute atomic E-state index is 0.511. The number of nitrogens with one attached hydrogen (secondary N) is 1. The molecule has 1 N–H and O–H groups in total. The van der Waals surface area contributed by atoms with Crippen LogP contribution in [0.4, 0.5) is 17.3 Å². The van der Waals surface area contributed by atoms with Crippen LogP contribution in [0.1, 0.15) is 0 Å². The lowest BCUT2D eigenvalue weighted by atomic mass is 10.1. The number of hydrogen-bond donors (Lipinski definition) is 1. The van der Waals surface area contributed by atoms with E-state index in [1.54, 1.807) is 12.5 Å². The lowest BCUT2D eigenvalue weighted by Crippen LogP contribution is -2.44. The summed E-state index contributed by atoms with van der Waals surface area (Å²) in [4.78, 5) is 18.2. The van der Waals surface area contributed by atoms with Gasteiger partial charge in [0.2, 0.25) is 5.95 Å². The number of fused-ring (bicyclic) bond motifs is 1. The Morgan fingerprint density at radius 2 is 1.71 bits per heavy atom. The smallest absolute Gasteiger partial charge is 0.227 e. The second kappa shape index (κ2) is 8.17. The predicted molar refractivity (Wildman–Crippen MR) is 126 cm³/mol. The molecule has 8 heteroatoms. The number of aromatic nitrogens is 4. The maximum absolute atomic E-state index is 6.43. The van der Waals surface area contributed by atoms with Crippen molar-refractivity contribution < 1.29 is 0 Å². The van der Waals surface area contributed by atoms with Crippen molar-refractivity contribution in [2.24, 2.45) is 7.05 Å². The van der Waals surface area contributed by atoms with Crippen molar-refractivity contribution in [2.75, 3.05) is 43.4 Å². The summed E-state index contributed by atoms with van der Waals surface area (Å²) in [5, 5.41) is 3.81. The first-order chi connectivity index (χ1) is 15.1. The standard InChI is InChI=1S/C23H24ClN7/c1-29-9-11-31(12-10-29)18-6-4-17(5-7-18)27-23-25-14-19(24)22(28-23)16-3-8-20-21(13-16)30(2)15-26-20/h3-8,13-15H,9-12H2,1-2H3,(H,25,27,28). The second-order valence-electron chi connectivity index (χ2n) is 7.91. The third-order valence-electron chi connectivity index (χ3n) is 5.73. The molecule has 3 heterocycles. The van der Waals surface area contributed by atoms with Gasteiger partial charge in [0.1, 0.15) is 0 Å². The van der Waals surface area contributed by atoms with E-state index in [0.717, 1.165) is 48.5 Å². The predicted octanol–water partition coefficient (Wildman–Crippen LogP) is 4.18. The molecule has 0 spiro atoms. The highest BCUT2D eigenvalue weighted by Gasteiger charge is 2.14. The Balaban J connectivity index is 1.37. The van der Waals surface area contributed by atoms with Gasteiger partial charge in [0.05, 0.1) is 34.3 Å². The van der Waals surface area contributed by atoms with Crippen LogP contribution in [0.2, 0.25) is 5.02 Å². The minimum Gasteiger partial charge on any atom is -0.369 e. The van der Waals surface area contributed by atoms with E-state index in [0.29, 0.717) is 16.7 Å². The highest BCUT2D eigenvalue weighted by molar-refractivity contribution is 6.33. The third kappa shape index (κ3) is 4.06. The number of benzene rings is 2. The van der Waals surface area contributed by atoms with Crippen molar-refractivity contribution in [2.45, 2.75) is 0 Å². The molecule has 158 valence electrons. The fourth-order valence-corrected chi connectivity index (χ4v) is 4.05. The van der Waals surface area contributed by atoms with Gasteiger partial charge in [0, 0.05) is 50.2 Å². The van der Waals surface area contributed by atoms with Crippen LogP contribution < -0.4 is 10.2 Å². The lowest BCUT2D eigenvalue weighted by Gasteiger charge is -2.34. The van der Waals surface area contributed by atoms with E-state index in [1.165, 1.54) is 5.69 Å². The number of nitrogens with zero attached hydrogens (tertiary/aromatic N) is 6. The Morgan fingerprint density at radius 1 is 0.935 bits per heavy atom. The van der Waals surface area contributed by atoms with Gasteiger partial charge in [-0.2, -0.15) is 0 Å². The molecule has 2 aromatic heterocycles. The Bertz CT molecular complexity index is 1210. The lowest BCUT2D eigenvalue weighted by molar-refractivity contribution is 0.313. The molecule has 7 nitrogen and oxygen atoms in total. The quantitative estimate of drug-likeness (QED) is 0.521. The van der Waals surface area contributed by atoms with Gasteiger partial charge in [-0.1, -0.05) is 17.7 Å². The van der Waals surface area contributed by atoms with Crippen molar-refractivity contribution in [3.63, 3.8) is 0 Å². The van der Waals surface area contributed by atoms with Gasteiger partial charge in [-0.25, -0.2) is 15.0 Å². The van der Waals surface area contributed by atoms with E-state index in [1.807, 2.05) is 29.8 Å². The van der Waals surface area contributed by atoms with Crippen LogP contribution in [-0.4, -0.2) is 57.6 Å². The highest BCUT2D eigenvalue weighted by atomic mass is 35.5. The van der Waals surface area contributed by atoms with Crippen LogP contribution in [0.15, 0.2) is 55.0 Å². The van der Waals surface area contributed by atoms with Gasteiger partial charge in [-0.3, -0.25) is 0 Å². The van der Waals surface area contributed by atoms with E-state index in [4.69, 9.17) is 11.6 Å². The van der Waals surface area contributed by atoms with Crippen molar-refractivity contribution in [1.29, 1.82) is 0 Å². The first-order valence-electron chi connectivity index (χ1n) is 10.3. The van der Waals surface area contributed by atoms with Crippen LogP contribution in [0.3, 0.4) is 0 Å². The number of imidazole rings is 1. The van der Waals surface area contributed by atoms with Crippen LogP contribution in [0, 0.1) is 0 Å². The first-order valence-corrected chi connectivity index (χ1v) is 10.7. The molecular formula is C23H24ClN7. The van der Waals surface area contributed by atoms with Crippen molar-refractivity contribution >= 4 is 40.0 Å². The van der Waals surface area contributed by atoms with Crippen LogP contribution in [-0.2, 0) is 7.05 Å². The summed E-state index contributed by atoms with van der Waals surface area (Å²) in [5.74, 6) is 0.511. The molecule has 5 rings (SSSR count). The molecule has 0 radical (unpaired) electrons. The molecule has 0 atom stereocenters. The molecular weight excluding hydrogens is 410 g/mol. The summed E-state index contributed by atoms with van der Waals surface area (Å²) in [7, 11) is 4.14. The number of rotatable bonds is 4. The average Bonchev–Trinajstić information content (AvgIpc) is 3.16. The molecule has 0 bridgehead atoms. The molecule has 4 aromatic rings. The molecule has 0 aliphatic carbocycles. The van der Waals surface area contributed by atoms with E-state index in [2.05, 4.69) is 61.4 Å². The van der Waals surface area contributed by atoms with Gasteiger partial charge >= 0.3 is 0 Å². The van der Waals surface area contributed by atoms with Crippen molar-refractivity contribution in [1.82, 2.24) is 24.4 Å². The van der Waals surface area contributed by atoms with Gasteiger partial charge in [0.25, 0.3) is 0 Å². The van der Waals surface area contributed by atoms with E-state index < -0.39 is 0 Å². The summed E-state index contributed by atoms with van der Waals surface area (Å²) in [6.45, 7) is 4.28. The Morgan fingerprint density at radius 3 is 2.48 bits per heavy atom. The summed E-state index contributed by atoms with van der Waals surface area (Å²) in [6.07, 6.45) is 3.44. The average molecular weight is 434 g/mol. The molecule has 0 unspecified atom stereocenters. The van der Waals surface area contributed by atoms with Crippen LogP contribution in [0.25, 0.3) is 22.3 Å². The van der Waals surface area contributed by atoms with Gasteiger partial charge in [-0.15, -0.1) is 0 Å². The summed E-state index contributed by atoms with van der Waals surface area (Å²) in [5.41, 5.74) is 5.76. The number of likely N-dealkylation sites (N-methyl/N-ethyl adjacent to an activating group) is 1. The molecule has 1 aliphatic heterocycles. The monoisotopic (exact) mass is 433 g/mol. The normalized spacial score (nSPS) is 14.9. The molecule has 2 aromatic carbocycles. The zero-order valence-corrected chi connectivity index (χ0v) is 18.3. The van der Waals surface area contributed by atoms with E-state index in [9.17, 15) is 0 Å². The molecule has 0 saturated carbocycles. The number of hydrogen-bond acceptors (Lipinski definition) is 6. The third-order valence-corrected chi connectivity index (χ3v) is 6.01. The van der Waals surface area contributed by atoms with E-state index >= 15 is 0 Å². The minimum atomic E-state index is 0.511. The largest absolute Gasteiger partial charge is 0.369 e. The zero-order valence-electron chi connectivity index (χ0n) is 17.6.